The summed E-state index contributed by atoms with van der Waals surface area (Å²) in [7, 11) is 0. The van der Waals surface area contributed by atoms with Crippen molar-refractivity contribution in [2.24, 2.45) is 5.41 Å². The van der Waals surface area contributed by atoms with Crippen LogP contribution >= 0.6 is 12.4 Å². The molecule has 1 saturated carbocycles. The molecule has 3 nitrogen and oxygen atoms in total. The molecule has 1 heterocycles. The van der Waals surface area contributed by atoms with E-state index >= 15 is 0 Å². The molecule has 16 heavy (non-hydrogen) atoms. The molecule has 0 bridgehead atoms. The molecule has 1 atom stereocenters. The summed E-state index contributed by atoms with van der Waals surface area (Å²) in [4.78, 5) is 12.2. The van der Waals surface area contributed by atoms with Gasteiger partial charge < -0.3 is 10.6 Å². The van der Waals surface area contributed by atoms with E-state index in [1.807, 2.05) is 0 Å². The molecule has 4 heteroatoms. The monoisotopic (exact) mass is 246 g/mol. The maximum atomic E-state index is 12.2. The molecule has 2 N–H and O–H groups in total. The van der Waals surface area contributed by atoms with Gasteiger partial charge in [-0.15, -0.1) is 12.4 Å². The quantitative estimate of drug-likeness (QED) is 0.795. The molecule has 2 aliphatic rings. The van der Waals surface area contributed by atoms with E-state index < -0.39 is 0 Å². The third-order valence-electron chi connectivity index (χ3n) is 3.92. The average Bonchev–Trinajstić information content (AvgIpc) is 2.63. The second-order valence-electron chi connectivity index (χ2n) is 5.05. The Kier molecular flexibility index (Phi) is 5.06. The summed E-state index contributed by atoms with van der Waals surface area (Å²) in [5, 5.41) is 6.49. The van der Waals surface area contributed by atoms with Crippen LogP contribution in [0.25, 0.3) is 0 Å². The third-order valence-corrected chi connectivity index (χ3v) is 3.92. The van der Waals surface area contributed by atoms with Crippen LogP contribution in [0.15, 0.2) is 0 Å². The second kappa shape index (κ2) is 5.87. The molecule has 2 rings (SSSR count). The molecule has 1 aliphatic heterocycles. The number of halogens is 1. The maximum Gasteiger partial charge on any atom is 0.226 e. The minimum atomic E-state index is 0. The number of hydrogen-bond donors (Lipinski definition) is 2. The molecule has 0 radical (unpaired) electrons. The van der Waals surface area contributed by atoms with E-state index in [2.05, 4.69) is 17.6 Å². The Morgan fingerprint density at radius 2 is 2.25 bits per heavy atom. The van der Waals surface area contributed by atoms with Crippen molar-refractivity contribution in [1.29, 1.82) is 0 Å². The minimum absolute atomic E-state index is 0. The van der Waals surface area contributed by atoms with Gasteiger partial charge in [-0.05, 0) is 32.2 Å². The fourth-order valence-corrected chi connectivity index (χ4v) is 2.79. The molecule has 1 unspecified atom stereocenters. The zero-order chi connectivity index (χ0) is 10.7. The molecule has 1 saturated heterocycles. The summed E-state index contributed by atoms with van der Waals surface area (Å²) in [6.45, 7) is 4.17. The van der Waals surface area contributed by atoms with Crippen molar-refractivity contribution in [3.05, 3.63) is 0 Å². The van der Waals surface area contributed by atoms with Gasteiger partial charge in [-0.3, -0.25) is 4.79 Å². The van der Waals surface area contributed by atoms with Crippen LogP contribution in [-0.4, -0.2) is 25.0 Å². The van der Waals surface area contributed by atoms with Crippen LogP contribution in [0, 0.1) is 5.41 Å². The Hall–Kier alpha value is -0.280. The number of carbonyl (C=O) groups is 1. The van der Waals surface area contributed by atoms with Crippen molar-refractivity contribution in [2.45, 2.75) is 51.5 Å². The highest BCUT2D eigenvalue weighted by atomic mass is 35.5. The summed E-state index contributed by atoms with van der Waals surface area (Å²) in [5.41, 5.74) is 0.0113. The van der Waals surface area contributed by atoms with Crippen molar-refractivity contribution in [3.8, 4) is 0 Å². The zero-order valence-electron chi connectivity index (χ0n) is 10.1. The van der Waals surface area contributed by atoms with E-state index in [1.54, 1.807) is 0 Å². The SMILES string of the molecule is CCCC1(C(=O)NC2CCNC2)CCC1.Cl. The first-order chi connectivity index (χ1) is 7.27. The van der Waals surface area contributed by atoms with Gasteiger partial charge in [-0.1, -0.05) is 19.8 Å². The van der Waals surface area contributed by atoms with Crippen molar-refractivity contribution in [3.63, 3.8) is 0 Å². The minimum Gasteiger partial charge on any atom is -0.352 e. The summed E-state index contributed by atoms with van der Waals surface area (Å²) in [5.74, 6) is 0.323. The number of hydrogen-bond acceptors (Lipinski definition) is 2. The molecule has 0 spiro atoms. The standard InChI is InChI=1S/C12H22N2O.ClH/c1-2-5-12(6-3-7-12)11(15)14-10-4-8-13-9-10;/h10,13H,2-9H2,1H3,(H,14,15);1H. The number of rotatable bonds is 4. The Bertz CT molecular complexity index is 235. The van der Waals surface area contributed by atoms with Crippen LogP contribution in [0.4, 0.5) is 0 Å². The molecule has 0 aromatic carbocycles. The fourth-order valence-electron chi connectivity index (χ4n) is 2.79. The maximum absolute atomic E-state index is 12.2. The van der Waals surface area contributed by atoms with E-state index in [0.29, 0.717) is 11.9 Å². The van der Waals surface area contributed by atoms with E-state index in [1.165, 1.54) is 6.42 Å². The van der Waals surface area contributed by atoms with Crippen LogP contribution in [0.2, 0.25) is 0 Å². The Labute approximate surface area is 104 Å². The Morgan fingerprint density at radius 3 is 2.69 bits per heavy atom. The molecule has 94 valence electrons. The summed E-state index contributed by atoms with van der Waals surface area (Å²) in [6.07, 6.45) is 6.72. The predicted molar refractivity (Wildman–Crippen MR) is 67.9 cm³/mol. The lowest BCUT2D eigenvalue weighted by atomic mass is 9.65. The fraction of sp³-hybridized carbons (Fsp3) is 0.917. The van der Waals surface area contributed by atoms with Crippen LogP contribution in [0.1, 0.15) is 45.4 Å². The van der Waals surface area contributed by atoms with Crippen LogP contribution in [-0.2, 0) is 4.79 Å². The Morgan fingerprint density at radius 1 is 1.50 bits per heavy atom. The van der Waals surface area contributed by atoms with E-state index in [9.17, 15) is 4.79 Å². The second-order valence-corrected chi connectivity index (χ2v) is 5.05. The molecule has 0 aromatic heterocycles. The highest BCUT2D eigenvalue weighted by Crippen LogP contribution is 2.45. The lowest BCUT2D eigenvalue weighted by molar-refractivity contribution is -0.137. The zero-order valence-corrected chi connectivity index (χ0v) is 10.9. The normalized spacial score (nSPS) is 26.7. The topological polar surface area (TPSA) is 41.1 Å². The first-order valence-electron chi connectivity index (χ1n) is 6.28. The predicted octanol–water partition coefficient (Wildman–Crippen LogP) is 1.86. The van der Waals surface area contributed by atoms with E-state index in [0.717, 1.165) is 45.2 Å². The van der Waals surface area contributed by atoms with E-state index in [-0.39, 0.29) is 17.8 Å². The molecule has 1 amide bonds. The summed E-state index contributed by atoms with van der Waals surface area (Å²) < 4.78 is 0. The largest absolute Gasteiger partial charge is 0.352 e. The van der Waals surface area contributed by atoms with Crippen molar-refractivity contribution < 1.29 is 4.79 Å². The summed E-state index contributed by atoms with van der Waals surface area (Å²) >= 11 is 0. The number of amides is 1. The first-order valence-corrected chi connectivity index (χ1v) is 6.28. The lowest BCUT2D eigenvalue weighted by Crippen LogP contribution is -2.49. The van der Waals surface area contributed by atoms with Gasteiger partial charge >= 0.3 is 0 Å². The van der Waals surface area contributed by atoms with Gasteiger partial charge in [0.05, 0.1) is 0 Å². The third kappa shape index (κ3) is 2.69. The first kappa shape index (κ1) is 13.8. The van der Waals surface area contributed by atoms with Gasteiger partial charge in [-0.2, -0.15) is 0 Å². The van der Waals surface area contributed by atoms with Gasteiger partial charge in [0.2, 0.25) is 5.91 Å². The van der Waals surface area contributed by atoms with Gasteiger partial charge in [0, 0.05) is 18.0 Å². The molecular formula is C12H23ClN2O. The summed E-state index contributed by atoms with van der Waals surface area (Å²) in [6, 6.07) is 0.381. The van der Waals surface area contributed by atoms with Gasteiger partial charge in [0.15, 0.2) is 0 Å². The van der Waals surface area contributed by atoms with Crippen LogP contribution in [0.3, 0.4) is 0 Å². The Balaban J connectivity index is 0.00000128. The van der Waals surface area contributed by atoms with Crippen molar-refractivity contribution >= 4 is 18.3 Å². The number of carbonyl (C=O) groups excluding carboxylic acids is 1. The highest BCUT2D eigenvalue weighted by molar-refractivity contribution is 5.85. The van der Waals surface area contributed by atoms with E-state index in [4.69, 9.17) is 0 Å². The highest BCUT2D eigenvalue weighted by Gasteiger charge is 2.43. The average molecular weight is 247 g/mol. The van der Waals surface area contributed by atoms with Gasteiger partial charge in [-0.25, -0.2) is 0 Å². The van der Waals surface area contributed by atoms with Crippen molar-refractivity contribution in [2.75, 3.05) is 13.1 Å². The van der Waals surface area contributed by atoms with Gasteiger partial charge in [0.25, 0.3) is 0 Å². The molecule has 2 fully saturated rings. The molecule has 0 aromatic rings. The van der Waals surface area contributed by atoms with Crippen LogP contribution in [0.5, 0.6) is 0 Å². The molecular weight excluding hydrogens is 224 g/mol. The van der Waals surface area contributed by atoms with Crippen LogP contribution < -0.4 is 10.6 Å². The van der Waals surface area contributed by atoms with Crippen molar-refractivity contribution in [1.82, 2.24) is 10.6 Å². The van der Waals surface area contributed by atoms with Gasteiger partial charge in [0.1, 0.15) is 0 Å². The smallest absolute Gasteiger partial charge is 0.226 e. The molecule has 1 aliphatic carbocycles. The lowest BCUT2D eigenvalue weighted by Gasteiger charge is -2.40. The number of nitrogens with one attached hydrogen (secondary N) is 2.